The van der Waals surface area contributed by atoms with Crippen molar-refractivity contribution in [3.8, 4) is 0 Å². The molecule has 0 aliphatic rings. The van der Waals surface area contributed by atoms with Crippen LogP contribution in [0.15, 0.2) is 6.07 Å². The van der Waals surface area contributed by atoms with Crippen LogP contribution in [0.25, 0.3) is 0 Å². The Morgan fingerprint density at radius 1 is 1.57 bits per heavy atom. The maximum Gasteiger partial charge on any atom is 0.283 e. The third-order valence-electron chi connectivity index (χ3n) is 1.42. The molecule has 0 atom stereocenters. The van der Waals surface area contributed by atoms with Gasteiger partial charge in [0.15, 0.2) is 5.82 Å². The van der Waals surface area contributed by atoms with E-state index >= 15 is 0 Å². The highest BCUT2D eigenvalue weighted by molar-refractivity contribution is 6.67. The van der Waals surface area contributed by atoms with Gasteiger partial charge >= 0.3 is 0 Å². The fourth-order valence-corrected chi connectivity index (χ4v) is 0.912. The first kappa shape index (κ1) is 10.8. The van der Waals surface area contributed by atoms with E-state index in [4.69, 9.17) is 17.3 Å². The Labute approximate surface area is 81.7 Å². The van der Waals surface area contributed by atoms with Crippen LogP contribution in [-0.4, -0.2) is 10.2 Å². The molecule has 1 rings (SSSR count). The molecule has 0 aromatic carbocycles. The highest BCUT2D eigenvalue weighted by atomic mass is 35.5. The number of hydrogen-bond donors (Lipinski definition) is 1. The highest BCUT2D eigenvalue weighted by Crippen LogP contribution is 2.24. The van der Waals surface area contributed by atoms with Gasteiger partial charge in [0.1, 0.15) is 11.4 Å². The molecule has 0 fully saturated rings. The maximum absolute atomic E-state index is 12.9. The quantitative estimate of drug-likeness (QED) is 0.783. The Morgan fingerprint density at radius 2 is 2.14 bits per heavy atom. The number of nitrogens with two attached hydrogens (primary N) is 1. The van der Waals surface area contributed by atoms with Gasteiger partial charge in [0, 0.05) is 0 Å². The average Bonchev–Trinajstić information content (AvgIpc) is 2.08. The zero-order valence-corrected chi connectivity index (χ0v) is 7.36. The van der Waals surface area contributed by atoms with Gasteiger partial charge in [-0.15, -0.1) is 0 Å². The number of hydrogen-bond acceptors (Lipinski definition) is 3. The van der Waals surface area contributed by atoms with Gasteiger partial charge in [0.05, 0.1) is 5.69 Å². The van der Waals surface area contributed by atoms with Crippen molar-refractivity contribution in [2.24, 2.45) is 0 Å². The Bertz CT molecular complexity index is 383. The smallest absolute Gasteiger partial charge is 0.283 e. The van der Waals surface area contributed by atoms with Crippen LogP contribution < -0.4 is 5.73 Å². The molecule has 1 aromatic heterocycles. The first-order chi connectivity index (χ1) is 6.43. The fraction of sp³-hybridized carbons (Fsp3) is 0.143. The molecule has 0 saturated heterocycles. The number of carbonyl (C=O) groups is 1. The van der Waals surface area contributed by atoms with Gasteiger partial charge < -0.3 is 5.73 Å². The summed E-state index contributed by atoms with van der Waals surface area (Å²) in [5.74, 6) is -1.33. The third-order valence-corrected chi connectivity index (χ3v) is 1.61. The maximum atomic E-state index is 12.9. The Balaban J connectivity index is 3.35. The minimum Gasteiger partial charge on any atom is -0.396 e. The van der Waals surface area contributed by atoms with E-state index in [1.807, 2.05) is 0 Å². The minimum atomic E-state index is -3.15. The Kier molecular flexibility index (Phi) is 2.95. The van der Waals surface area contributed by atoms with Crippen molar-refractivity contribution in [1.29, 1.82) is 0 Å². The predicted octanol–water partition coefficient (Wildman–Crippen LogP) is 2.12. The molecule has 0 amide bonds. The molecular weight excluding hydrogens is 221 g/mol. The monoisotopic (exact) mass is 224 g/mol. The molecule has 0 unspecified atom stereocenters. The first-order valence-electron chi connectivity index (χ1n) is 3.37. The number of pyridine rings is 1. The number of alkyl halides is 2. The van der Waals surface area contributed by atoms with Crippen LogP contribution in [0.5, 0.6) is 0 Å². The first-order valence-corrected chi connectivity index (χ1v) is 3.75. The number of rotatable bonds is 2. The Morgan fingerprint density at radius 3 is 2.57 bits per heavy atom. The van der Waals surface area contributed by atoms with E-state index in [0.29, 0.717) is 0 Å². The van der Waals surface area contributed by atoms with Crippen LogP contribution in [0.4, 0.5) is 18.9 Å². The van der Waals surface area contributed by atoms with E-state index in [9.17, 15) is 18.0 Å². The second-order valence-corrected chi connectivity index (χ2v) is 2.71. The number of nitrogens with zero attached hydrogens (tertiary/aromatic N) is 1. The number of halogens is 4. The largest absolute Gasteiger partial charge is 0.396 e. The van der Waals surface area contributed by atoms with Gasteiger partial charge in [-0.3, -0.25) is 4.79 Å². The second kappa shape index (κ2) is 3.83. The standard InChI is InChI=1S/C7H4ClF3N2O/c8-6(14)3-1-2(12)4(9)5(13-3)7(10)11/h1,7H,(H2,12,13). The minimum absolute atomic E-state index is 0.499. The third kappa shape index (κ3) is 1.95. The zero-order chi connectivity index (χ0) is 10.9. The molecule has 76 valence electrons. The van der Waals surface area contributed by atoms with Gasteiger partial charge in [-0.25, -0.2) is 18.2 Å². The molecule has 0 bridgehead atoms. The van der Waals surface area contributed by atoms with E-state index in [1.54, 1.807) is 0 Å². The van der Waals surface area contributed by atoms with Crippen LogP contribution in [0.3, 0.4) is 0 Å². The van der Waals surface area contributed by atoms with E-state index < -0.39 is 34.6 Å². The van der Waals surface area contributed by atoms with Gasteiger partial charge in [-0.1, -0.05) is 0 Å². The highest BCUT2D eigenvalue weighted by Gasteiger charge is 2.20. The van der Waals surface area contributed by atoms with Gasteiger partial charge in [0.2, 0.25) is 0 Å². The van der Waals surface area contributed by atoms with Gasteiger partial charge in [-0.2, -0.15) is 0 Å². The summed E-state index contributed by atoms with van der Waals surface area (Å²) in [6.07, 6.45) is -3.15. The zero-order valence-electron chi connectivity index (χ0n) is 6.60. The fourth-order valence-electron chi connectivity index (χ4n) is 0.815. The lowest BCUT2D eigenvalue weighted by atomic mass is 10.2. The lowest BCUT2D eigenvalue weighted by Crippen LogP contribution is -2.06. The van der Waals surface area contributed by atoms with Crippen LogP contribution >= 0.6 is 11.6 Å². The van der Waals surface area contributed by atoms with Crippen molar-refractivity contribution in [3.05, 3.63) is 23.3 Å². The van der Waals surface area contributed by atoms with Crippen molar-refractivity contribution in [3.63, 3.8) is 0 Å². The number of carbonyl (C=O) groups excluding carboxylic acids is 1. The van der Waals surface area contributed by atoms with Crippen molar-refractivity contribution < 1.29 is 18.0 Å². The summed E-state index contributed by atoms with van der Waals surface area (Å²) in [6, 6.07) is 0.802. The molecule has 0 aliphatic heterocycles. The molecule has 2 N–H and O–H groups in total. The van der Waals surface area contributed by atoms with Crippen LogP contribution in [0.1, 0.15) is 22.6 Å². The van der Waals surface area contributed by atoms with E-state index in [-0.39, 0.29) is 0 Å². The lowest BCUT2D eigenvalue weighted by molar-refractivity contribution is 0.107. The molecule has 3 nitrogen and oxygen atoms in total. The molecule has 0 radical (unpaired) electrons. The lowest BCUT2D eigenvalue weighted by Gasteiger charge is -2.04. The summed E-state index contributed by atoms with van der Waals surface area (Å²) >= 11 is 4.98. The predicted molar refractivity (Wildman–Crippen MR) is 43.7 cm³/mol. The van der Waals surface area contributed by atoms with Crippen LogP contribution in [-0.2, 0) is 0 Å². The topological polar surface area (TPSA) is 56.0 Å². The Hall–Kier alpha value is -1.30. The summed E-state index contributed by atoms with van der Waals surface area (Å²) in [5, 5.41) is -1.07. The van der Waals surface area contributed by atoms with E-state index in [1.165, 1.54) is 0 Å². The molecule has 0 spiro atoms. The summed E-state index contributed by atoms with van der Waals surface area (Å²) in [5.41, 5.74) is 2.78. The van der Waals surface area contributed by atoms with Crippen LogP contribution in [0.2, 0.25) is 0 Å². The molecule has 14 heavy (non-hydrogen) atoms. The molecule has 7 heteroatoms. The van der Waals surface area contributed by atoms with E-state index in [0.717, 1.165) is 6.07 Å². The summed E-state index contributed by atoms with van der Waals surface area (Å²) in [6.45, 7) is 0. The molecule has 1 aromatic rings. The molecule has 0 saturated carbocycles. The SMILES string of the molecule is Nc1cc(C(=O)Cl)nc(C(F)F)c1F. The number of nitrogen functional groups attached to an aromatic ring is 1. The van der Waals surface area contributed by atoms with Crippen molar-refractivity contribution in [2.75, 3.05) is 5.73 Å². The normalized spacial score (nSPS) is 10.6. The van der Waals surface area contributed by atoms with Crippen molar-refractivity contribution >= 4 is 22.5 Å². The van der Waals surface area contributed by atoms with Crippen molar-refractivity contribution in [2.45, 2.75) is 6.43 Å². The van der Waals surface area contributed by atoms with E-state index in [2.05, 4.69) is 4.98 Å². The summed E-state index contributed by atoms with van der Waals surface area (Å²) in [7, 11) is 0. The summed E-state index contributed by atoms with van der Waals surface area (Å²) in [4.78, 5) is 13.6. The summed E-state index contributed by atoms with van der Waals surface area (Å²) < 4.78 is 37.2. The van der Waals surface area contributed by atoms with Gasteiger partial charge in [0.25, 0.3) is 11.7 Å². The van der Waals surface area contributed by atoms with Gasteiger partial charge in [-0.05, 0) is 17.7 Å². The second-order valence-electron chi connectivity index (χ2n) is 2.37. The average molecular weight is 225 g/mol. The molecule has 1 heterocycles. The molecular formula is C7H4ClF3N2O. The molecule has 0 aliphatic carbocycles. The number of aromatic nitrogens is 1. The van der Waals surface area contributed by atoms with Crippen molar-refractivity contribution in [1.82, 2.24) is 4.98 Å². The van der Waals surface area contributed by atoms with Crippen LogP contribution in [0, 0.1) is 5.82 Å². The number of anilines is 1.